The maximum atomic E-state index is 11.9. The molecule has 0 saturated carbocycles. The molecule has 2 N–H and O–H groups in total. The maximum Gasteiger partial charge on any atom is 0.225 e. The van der Waals surface area contributed by atoms with Crippen molar-refractivity contribution in [1.29, 1.82) is 0 Å². The number of benzene rings is 2. The minimum atomic E-state index is -0.0170. The normalized spacial score (nSPS) is 10.5. The monoisotopic (exact) mass is 316 g/mol. The van der Waals surface area contributed by atoms with Gasteiger partial charge >= 0.3 is 0 Å². The van der Waals surface area contributed by atoms with Gasteiger partial charge in [0.1, 0.15) is 0 Å². The van der Waals surface area contributed by atoms with E-state index in [1.54, 1.807) is 6.07 Å². The minimum absolute atomic E-state index is 0.0170. The van der Waals surface area contributed by atoms with Crippen molar-refractivity contribution in [1.82, 2.24) is 5.32 Å². The molecule has 0 aliphatic rings. The van der Waals surface area contributed by atoms with Crippen LogP contribution in [0.2, 0.25) is 5.02 Å². The molecule has 0 radical (unpaired) electrons. The Labute approximate surface area is 136 Å². The smallest absolute Gasteiger partial charge is 0.225 e. The second kappa shape index (κ2) is 7.97. The number of carbonyl (C=O) groups excluding carboxylic acids is 1. The van der Waals surface area contributed by atoms with Gasteiger partial charge in [0.25, 0.3) is 0 Å². The third-order valence-corrected chi connectivity index (χ3v) is 3.80. The SMILES string of the molecule is Cc1cccc(CNCCC(=O)Nc2ccc(C)c(Cl)c2)c1. The lowest BCUT2D eigenvalue weighted by atomic mass is 10.1. The molecule has 0 atom stereocenters. The van der Waals surface area contributed by atoms with E-state index in [2.05, 4.69) is 35.8 Å². The summed E-state index contributed by atoms with van der Waals surface area (Å²) in [7, 11) is 0. The van der Waals surface area contributed by atoms with Gasteiger partial charge in [0, 0.05) is 30.2 Å². The number of carbonyl (C=O) groups is 1. The molecular formula is C18H21ClN2O. The third-order valence-electron chi connectivity index (χ3n) is 3.40. The first-order chi connectivity index (χ1) is 10.5. The number of amides is 1. The summed E-state index contributed by atoms with van der Waals surface area (Å²) in [5.74, 6) is -0.0170. The topological polar surface area (TPSA) is 41.1 Å². The lowest BCUT2D eigenvalue weighted by molar-refractivity contribution is -0.116. The van der Waals surface area contributed by atoms with Crippen LogP contribution in [-0.2, 0) is 11.3 Å². The summed E-state index contributed by atoms with van der Waals surface area (Å²) in [5.41, 5.74) is 4.21. The Bertz CT molecular complexity index is 655. The van der Waals surface area contributed by atoms with E-state index in [4.69, 9.17) is 11.6 Å². The van der Waals surface area contributed by atoms with Gasteiger partial charge < -0.3 is 10.6 Å². The summed E-state index contributed by atoms with van der Waals surface area (Å²) in [4.78, 5) is 11.9. The highest BCUT2D eigenvalue weighted by molar-refractivity contribution is 6.31. The predicted molar refractivity (Wildman–Crippen MR) is 92.3 cm³/mol. The van der Waals surface area contributed by atoms with Crippen molar-refractivity contribution in [3.8, 4) is 0 Å². The van der Waals surface area contributed by atoms with Gasteiger partial charge in [0.2, 0.25) is 5.91 Å². The van der Waals surface area contributed by atoms with Crippen molar-refractivity contribution in [2.75, 3.05) is 11.9 Å². The predicted octanol–water partition coefficient (Wildman–Crippen LogP) is 4.08. The van der Waals surface area contributed by atoms with Crippen molar-refractivity contribution in [3.63, 3.8) is 0 Å². The van der Waals surface area contributed by atoms with Crippen molar-refractivity contribution >= 4 is 23.2 Å². The molecular weight excluding hydrogens is 296 g/mol. The lowest BCUT2D eigenvalue weighted by Crippen LogP contribution is -2.21. The van der Waals surface area contributed by atoms with Crippen LogP contribution in [0.3, 0.4) is 0 Å². The van der Waals surface area contributed by atoms with Crippen LogP contribution in [0.15, 0.2) is 42.5 Å². The standard InChI is InChI=1S/C18H21ClN2O/c1-13-4-3-5-15(10-13)12-20-9-8-18(22)21-16-7-6-14(2)17(19)11-16/h3-7,10-11,20H,8-9,12H2,1-2H3,(H,21,22). The summed E-state index contributed by atoms with van der Waals surface area (Å²) in [6, 6.07) is 13.9. The highest BCUT2D eigenvalue weighted by Crippen LogP contribution is 2.19. The van der Waals surface area contributed by atoms with Gasteiger partial charge in [0.05, 0.1) is 0 Å². The number of hydrogen-bond acceptors (Lipinski definition) is 2. The molecule has 1 amide bonds. The largest absolute Gasteiger partial charge is 0.326 e. The number of aryl methyl sites for hydroxylation is 2. The highest BCUT2D eigenvalue weighted by atomic mass is 35.5. The first-order valence-electron chi connectivity index (χ1n) is 7.37. The quantitative estimate of drug-likeness (QED) is 0.789. The van der Waals surface area contributed by atoms with E-state index in [1.807, 2.05) is 25.1 Å². The number of anilines is 1. The molecule has 4 heteroatoms. The van der Waals surface area contributed by atoms with Gasteiger partial charge in [-0.15, -0.1) is 0 Å². The van der Waals surface area contributed by atoms with Crippen LogP contribution in [0, 0.1) is 13.8 Å². The van der Waals surface area contributed by atoms with E-state index in [-0.39, 0.29) is 5.91 Å². The number of nitrogens with one attached hydrogen (secondary N) is 2. The van der Waals surface area contributed by atoms with Crippen LogP contribution in [0.25, 0.3) is 0 Å². The van der Waals surface area contributed by atoms with Crippen LogP contribution in [-0.4, -0.2) is 12.5 Å². The van der Waals surface area contributed by atoms with Gasteiger partial charge in [0.15, 0.2) is 0 Å². The molecule has 0 spiro atoms. The zero-order chi connectivity index (χ0) is 15.9. The van der Waals surface area contributed by atoms with Crippen LogP contribution in [0.1, 0.15) is 23.1 Å². The fourth-order valence-corrected chi connectivity index (χ4v) is 2.33. The number of halogens is 1. The molecule has 0 aromatic heterocycles. The van der Waals surface area contributed by atoms with Crippen LogP contribution in [0.4, 0.5) is 5.69 Å². The van der Waals surface area contributed by atoms with Gasteiger partial charge in [-0.3, -0.25) is 4.79 Å². The zero-order valence-electron chi connectivity index (χ0n) is 12.9. The van der Waals surface area contributed by atoms with E-state index in [1.165, 1.54) is 11.1 Å². The van der Waals surface area contributed by atoms with Crippen molar-refractivity contribution < 1.29 is 4.79 Å². The van der Waals surface area contributed by atoms with E-state index in [0.29, 0.717) is 18.0 Å². The molecule has 3 nitrogen and oxygen atoms in total. The molecule has 0 unspecified atom stereocenters. The summed E-state index contributed by atoms with van der Waals surface area (Å²) in [6.45, 7) is 5.41. The molecule has 2 aromatic carbocycles. The van der Waals surface area contributed by atoms with E-state index < -0.39 is 0 Å². The van der Waals surface area contributed by atoms with E-state index in [9.17, 15) is 4.79 Å². The summed E-state index contributed by atoms with van der Waals surface area (Å²) in [5, 5.41) is 6.80. The second-order valence-electron chi connectivity index (χ2n) is 5.43. The van der Waals surface area contributed by atoms with E-state index in [0.717, 1.165) is 17.8 Å². The molecule has 22 heavy (non-hydrogen) atoms. The third kappa shape index (κ3) is 5.17. The molecule has 2 rings (SSSR count). The Hall–Kier alpha value is -1.84. The summed E-state index contributed by atoms with van der Waals surface area (Å²) in [6.07, 6.45) is 0.428. The number of hydrogen-bond donors (Lipinski definition) is 2. The van der Waals surface area contributed by atoms with Crippen molar-refractivity contribution in [2.45, 2.75) is 26.8 Å². The first kappa shape index (κ1) is 16.5. The zero-order valence-corrected chi connectivity index (χ0v) is 13.7. The molecule has 0 heterocycles. The van der Waals surface area contributed by atoms with Crippen molar-refractivity contribution in [3.05, 3.63) is 64.2 Å². The molecule has 0 fully saturated rings. The highest BCUT2D eigenvalue weighted by Gasteiger charge is 2.04. The van der Waals surface area contributed by atoms with Crippen molar-refractivity contribution in [2.24, 2.45) is 0 Å². The Balaban J connectivity index is 1.72. The van der Waals surface area contributed by atoms with Crippen LogP contribution < -0.4 is 10.6 Å². The Kier molecular flexibility index (Phi) is 5.99. The maximum absolute atomic E-state index is 11.9. The Morgan fingerprint density at radius 1 is 1.14 bits per heavy atom. The molecule has 116 valence electrons. The molecule has 2 aromatic rings. The minimum Gasteiger partial charge on any atom is -0.326 e. The molecule has 0 aliphatic heterocycles. The Morgan fingerprint density at radius 2 is 1.95 bits per heavy atom. The lowest BCUT2D eigenvalue weighted by Gasteiger charge is -2.08. The van der Waals surface area contributed by atoms with Gasteiger partial charge in [-0.1, -0.05) is 47.5 Å². The van der Waals surface area contributed by atoms with Gasteiger partial charge in [-0.2, -0.15) is 0 Å². The van der Waals surface area contributed by atoms with E-state index >= 15 is 0 Å². The first-order valence-corrected chi connectivity index (χ1v) is 7.74. The number of rotatable bonds is 6. The average Bonchev–Trinajstić information content (AvgIpc) is 2.48. The summed E-state index contributed by atoms with van der Waals surface area (Å²) >= 11 is 6.04. The molecule has 0 bridgehead atoms. The second-order valence-corrected chi connectivity index (χ2v) is 5.84. The van der Waals surface area contributed by atoms with Gasteiger partial charge in [-0.05, 0) is 37.1 Å². The van der Waals surface area contributed by atoms with Crippen LogP contribution in [0.5, 0.6) is 0 Å². The fourth-order valence-electron chi connectivity index (χ4n) is 2.15. The Morgan fingerprint density at radius 3 is 2.68 bits per heavy atom. The molecule has 0 aliphatic carbocycles. The molecule has 0 saturated heterocycles. The summed E-state index contributed by atoms with van der Waals surface area (Å²) < 4.78 is 0. The van der Waals surface area contributed by atoms with Gasteiger partial charge in [-0.25, -0.2) is 0 Å². The fraction of sp³-hybridized carbons (Fsp3) is 0.278. The average molecular weight is 317 g/mol. The van der Waals surface area contributed by atoms with Crippen LogP contribution >= 0.6 is 11.6 Å².